The lowest BCUT2D eigenvalue weighted by molar-refractivity contribution is 0.242. The second-order valence-corrected chi connectivity index (χ2v) is 7.04. The van der Waals surface area contributed by atoms with Crippen molar-refractivity contribution in [2.45, 2.75) is 105 Å². The zero-order valence-corrected chi connectivity index (χ0v) is 15.7. The van der Waals surface area contributed by atoms with Crippen LogP contribution in [0.3, 0.4) is 0 Å². The Morgan fingerprint density at radius 2 is 1.37 bits per heavy atom. The Morgan fingerprint density at radius 1 is 0.947 bits per heavy atom. The molecule has 0 aromatic carbocycles. The van der Waals surface area contributed by atoms with Crippen LogP contribution in [0.15, 0.2) is 0 Å². The van der Waals surface area contributed by atoms with E-state index in [2.05, 4.69) is 34.6 Å². The molecule has 0 N–H and O–H groups in total. The first kappa shape index (κ1) is 21.6. The Bertz CT molecular complexity index is 165. The second-order valence-electron chi connectivity index (χ2n) is 6.02. The van der Waals surface area contributed by atoms with Gasteiger partial charge in [0, 0.05) is 4.75 Å². The lowest BCUT2D eigenvalue weighted by Gasteiger charge is -2.37. The van der Waals surface area contributed by atoms with Gasteiger partial charge in [-0.15, -0.1) is 0 Å². The Balaban J connectivity index is 0. The summed E-state index contributed by atoms with van der Waals surface area (Å²) in [6.45, 7) is 15.4. The van der Waals surface area contributed by atoms with Crippen molar-refractivity contribution in [2.24, 2.45) is 11.8 Å². The molecule has 0 heterocycles. The monoisotopic (exact) mass is 288 g/mol. The fourth-order valence-electron chi connectivity index (χ4n) is 2.52. The van der Waals surface area contributed by atoms with Crippen molar-refractivity contribution in [2.75, 3.05) is 0 Å². The molecule has 19 heavy (non-hydrogen) atoms. The standard InChI is InChI=1S/C11H22S.C5H12.C2H6/c1-4-11(3,12)10-7-5-9(2)6-8-10;1-3-5-4-2;1-2/h9-10,12H,4-8H2,1-3H3;3-5H2,1-2H3;1-2H3/t9?,10?,11-;;/m1../s1. The Morgan fingerprint density at radius 3 is 1.63 bits per heavy atom. The molecular formula is C18H40S. The molecule has 0 saturated heterocycles. The number of hydrogen-bond donors (Lipinski definition) is 1. The first-order valence-corrected chi connectivity index (χ1v) is 9.14. The molecule has 0 radical (unpaired) electrons. The van der Waals surface area contributed by atoms with E-state index in [1.54, 1.807) is 0 Å². The zero-order chi connectivity index (χ0) is 15.3. The van der Waals surface area contributed by atoms with Gasteiger partial charge in [0.1, 0.15) is 0 Å². The smallest absolute Gasteiger partial charge is 0.0127 e. The summed E-state index contributed by atoms with van der Waals surface area (Å²) in [4.78, 5) is 0. The third kappa shape index (κ3) is 10.8. The van der Waals surface area contributed by atoms with Gasteiger partial charge in [-0.2, -0.15) is 12.6 Å². The number of hydrogen-bond acceptors (Lipinski definition) is 1. The van der Waals surface area contributed by atoms with Crippen LogP contribution in [0.4, 0.5) is 0 Å². The molecule has 1 fully saturated rings. The van der Waals surface area contributed by atoms with Crippen molar-refractivity contribution in [1.82, 2.24) is 0 Å². The molecule has 1 saturated carbocycles. The van der Waals surface area contributed by atoms with Crippen molar-refractivity contribution >= 4 is 12.6 Å². The van der Waals surface area contributed by atoms with Crippen molar-refractivity contribution in [1.29, 1.82) is 0 Å². The summed E-state index contributed by atoms with van der Waals surface area (Å²) in [5.74, 6) is 1.82. The lowest BCUT2D eigenvalue weighted by Crippen LogP contribution is -2.31. The molecule has 0 nitrogen and oxygen atoms in total. The fraction of sp³-hybridized carbons (Fsp3) is 1.00. The van der Waals surface area contributed by atoms with Gasteiger partial charge in [-0.3, -0.25) is 0 Å². The van der Waals surface area contributed by atoms with E-state index < -0.39 is 0 Å². The molecular weight excluding hydrogens is 248 g/mol. The quantitative estimate of drug-likeness (QED) is 0.522. The van der Waals surface area contributed by atoms with Crippen LogP contribution in [0.1, 0.15) is 99.8 Å². The van der Waals surface area contributed by atoms with Gasteiger partial charge in [-0.05, 0) is 31.1 Å². The minimum atomic E-state index is 0.292. The number of rotatable bonds is 4. The van der Waals surface area contributed by atoms with E-state index in [1.807, 2.05) is 13.8 Å². The van der Waals surface area contributed by atoms with E-state index in [-0.39, 0.29) is 0 Å². The van der Waals surface area contributed by atoms with Gasteiger partial charge in [0.25, 0.3) is 0 Å². The van der Waals surface area contributed by atoms with Gasteiger partial charge in [0.2, 0.25) is 0 Å². The molecule has 1 heteroatoms. The first-order chi connectivity index (χ1) is 8.97. The minimum Gasteiger partial charge on any atom is -0.173 e. The van der Waals surface area contributed by atoms with Crippen LogP contribution in [0.2, 0.25) is 0 Å². The van der Waals surface area contributed by atoms with Crippen LogP contribution >= 0.6 is 12.6 Å². The average Bonchev–Trinajstić information content (AvgIpc) is 2.43. The van der Waals surface area contributed by atoms with Gasteiger partial charge < -0.3 is 0 Å². The van der Waals surface area contributed by atoms with Crippen molar-refractivity contribution in [3.05, 3.63) is 0 Å². The van der Waals surface area contributed by atoms with E-state index in [0.29, 0.717) is 4.75 Å². The molecule has 1 aliphatic rings. The summed E-state index contributed by atoms with van der Waals surface area (Å²) in [7, 11) is 0. The van der Waals surface area contributed by atoms with E-state index in [1.165, 1.54) is 51.4 Å². The Kier molecular flexibility index (Phi) is 15.2. The molecule has 118 valence electrons. The summed E-state index contributed by atoms with van der Waals surface area (Å²) < 4.78 is 0.292. The second kappa shape index (κ2) is 13.3. The predicted octanol–water partition coefficient (Wildman–Crippen LogP) is 7.13. The fourth-order valence-corrected chi connectivity index (χ4v) is 2.78. The van der Waals surface area contributed by atoms with Gasteiger partial charge >= 0.3 is 0 Å². The first-order valence-electron chi connectivity index (χ1n) is 8.70. The molecule has 1 rings (SSSR count). The van der Waals surface area contributed by atoms with Crippen LogP contribution in [0.5, 0.6) is 0 Å². The molecule has 0 amide bonds. The molecule has 1 aliphatic carbocycles. The highest BCUT2D eigenvalue weighted by atomic mass is 32.1. The van der Waals surface area contributed by atoms with E-state index in [0.717, 1.165) is 11.8 Å². The average molecular weight is 289 g/mol. The van der Waals surface area contributed by atoms with Crippen LogP contribution in [-0.2, 0) is 0 Å². The van der Waals surface area contributed by atoms with Crippen molar-refractivity contribution in [3.8, 4) is 0 Å². The normalized spacial score (nSPS) is 25.3. The maximum absolute atomic E-state index is 4.76. The van der Waals surface area contributed by atoms with E-state index in [9.17, 15) is 0 Å². The molecule has 0 unspecified atom stereocenters. The highest BCUT2D eigenvalue weighted by molar-refractivity contribution is 7.81. The highest BCUT2D eigenvalue weighted by Crippen LogP contribution is 2.40. The largest absolute Gasteiger partial charge is 0.173 e. The van der Waals surface area contributed by atoms with Gasteiger partial charge in [0.05, 0.1) is 0 Å². The highest BCUT2D eigenvalue weighted by Gasteiger charge is 2.31. The van der Waals surface area contributed by atoms with Crippen molar-refractivity contribution in [3.63, 3.8) is 0 Å². The maximum atomic E-state index is 4.76. The van der Waals surface area contributed by atoms with Gasteiger partial charge in [0.15, 0.2) is 0 Å². The zero-order valence-electron chi connectivity index (χ0n) is 14.8. The Labute approximate surface area is 129 Å². The van der Waals surface area contributed by atoms with Crippen LogP contribution in [0.25, 0.3) is 0 Å². The summed E-state index contributed by atoms with van der Waals surface area (Å²) in [5, 5.41) is 0. The number of unbranched alkanes of at least 4 members (excludes halogenated alkanes) is 2. The molecule has 0 aromatic rings. The summed E-state index contributed by atoms with van der Waals surface area (Å²) in [6.07, 6.45) is 10.9. The molecule has 0 aromatic heterocycles. The third-order valence-corrected chi connectivity index (χ3v) is 5.00. The topological polar surface area (TPSA) is 0 Å². The summed E-state index contributed by atoms with van der Waals surface area (Å²) >= 11 is 4.76. The maximum Gasteiger partial charge on any atom is 0.0127 e. The molecule has 0 spiro atoms. The van der Waals surface area contributed by atoms with Crippen LogP contribution < -0.4 is 0 Å². The molecule has 0 bridgehead atoms. The third-order valence-electron chi connectivity index (χ3n) is 4.32. The van der Waals surface area contributed by atoms with Crippen LogP contribution in [0, 0.1) is 11.8 Å². The van der Waals surface area contributed by atoms with Gasteiger partial charge in [-0.1, -0.05) is 80.6 Å². The predicted molar refractivity (Wildman–Crippen MR) is 95.4 cm³/mol. The van der Waals surface area contributed by atoms with Gasteiger partial charge in [-0.25, -0.2) is 0 Å². The minimum absolute atomic E-state index is 0.292. The summed E-state index contributed by atoms with van der Waals surface area (Å²) in [6, 6.07) is 0. The molecule has 1 atom stereocenters. The van der Waals surface area contributed by atoms with E-state index in [4.69, 9.17) is 12.6 Å². The molecule has 0 aliphatic heterocycles. The Hall–Kier alpha value is 0.350. The van der Waals surface area contributed by atoms with E-state index >= 15 is 0 Å². The van der Waals surface area contributed by atoms with Crippen molar-refractivity contribution < 1.29 is 0 Å². The van der Waals surface area contributed by atoms with Crippen LogP contribution in [-0.4, -0.2) is 4.75 Å². The lowest BCUT2D eigenvalue weighted by atomic mass is 9.75. The summed E-state index contributed by atoms with van der Waals surface area (Å²) in [5.41, 5.74) is 0. The SMILES string of the molecule is CC.CCCCC.CC[C@@](C)(S)C1CCC(C)CC1. The number of thiol groups is 1.